The summed E-state index contributed by atoms with van der Waals surface area (Å²) < 4.78 is 1.46. The first-order valence-corrected chi connectivity index (χ1v) is 6.57. The molecule has 0 aliphatic rings. The summed E-state index contributed by atoms with van der Waals surface area (Å²) in [6.07, 6.45) is 3.04. The topological polar surface area (TPSA) is 46.9 Å². The molecule has 1 unspecified atom stereocenters. The van der Waals surface area contributed by atoms with Crippen LogP contribution in [0.2, 0.25) is 15.1 Å². The van der Waals surface area contributed by atoms with Crippen LogP contribution in [-0.2, 0) is 4.79 Å². The number of halogens is 3. The summed E-state index contributed by atoms with van der Waals surface area (Å²) in [5, 5.41) is 7.89. The second-order valence-electron chi connectivity index (χ2n) is 3.90. The lowest BCUT2D eigenvalue weighted by atomic mass is 10.2. The second-order valence-corrected chi connectivity index (χ2v) is 5.15. The third-order valence-electron chi connectivity index (χ3n) is 2.56. The van der Waals surface area contributed by atoms with Gasteiger partial charge in [-0.25, -0.2) is 0 Å². The van der Waals surface area contributed by atoms with Gasteiger partial charge >= 0.3 is 0 Å². The first-order valence-electron chi connectivity index (χ1n) is 5.43. The van der Waals surface area contributed by atoms with Crippen LogP contribution in [0.4, 0.5) is 5.69 Å². The molecule has 100 valence electrons. The molecule has 2 aromatic rings. The van der Waals surface area contributed by atoms with E-state index in [-0.39, 0.29) is 5.91 Å². The maximum Gasteiger partial charge on any atom is 0.249 e. The van der Waals surface area contributed by atoms with Crippen molar-refractivity contribution in [2.45, 2.75) is 13.0 Å². The Hall–Kier alpha value is -1.23. The van der Waals surface area contributed by atoms with Crippen LogP contribution in [0.15, 0.2) is 30.6 Å². The van der Waals surface area contributed by atoms with Crippen molar-refractivity contribution >= 4 is 46.4 Å². The molecule has 0 aliphatic heterocycles. The number of benzene rings is 1. The van der Waals surface area contributed by atoms with Crippen molar-refractivity contribution in [1.29, 1.82) is 0 Å². The lowest BCUT2D eigenvalue weighted by Crippen LogP contribution is -2.24. The molecule has 1 aromatic heterocycles. The minimum absolute atomic E-state index is 0.283. The smallest absolute Gasteiger partial charge is 0.249 e. The summed E-state index contributed by atoms with van der Waals surface area (Å²) in [7, 11) is 0. The SMILES string of the molecule is CC(C(=O)Nc1c(Cl)cccc1Cl)n1cc(Cl)cn1. The number of anilines is 1. The fourth-order valence-electron chi connectivity index (χ4n) is 1.49. The van der Waals surface area contributed by atoms with E-state index in [1.54, 1.807) is 31.3 Å². The van der Waals surface area contributed by atoms with Gasteiger partial charge in [-0.15, -0.1) is 0 Å². The molecule has 1 atom stereocenters. The highest BCUT2D eigenvalue weighted by Crippen LogP contribution is 2.30. The zero-order chi connectivity index (χ0) is 14.0. The molecule has 1 amide bonds. The number of hydrogen-bond acceptors (Lipinski definition) is 2. The van der Waals surface area contributed by atoms with E-state index >= 15 is 0 Å². The lowest BCUT2D eigenvalue weighted by Gasteiger charge is -2.14. The van der Waals surface area contributed by atoms with E-state index in [0.717, 1.165) is 0 Å². The Morgan fingerprint density at radius 3 is 2.47 bits per heavy atom. The average molecular weight is 319 g/mol. The Morgan fingerprint density at radius 2 is 1.95 bits per heavy atom. The van der Waals surface area contributed by atoms with Gasteiger partial charge < -0.3 is 5.32 Å². The van der Waals surface area contributed by atoms with E-state index in [1.165, 1.54) is 10.9 Å². The quantitative estimate of drug-likeness (QED) is 0.928. The van der Waals surface area contributed by atoms with Crippen molar-refractivity contribution in [2.24, 2.45) is 0 Å². The van der Waals surface area contributed by atoms with Crippen molar-refractivity contribution in [2.75, 3.05) is 5.32 Å². The number of hydrogen-bond donors (Lipinski definition) is 1. The molecule has 4 nitrogen and oxygen atoms in total. The normalized spacial score (nSPS) is 12.2. The number of nitrogens with one attached hydrogen (secondary N) is 1. The molecular formula is C12H10Cl3N3O. The predicted molar refractivity (Wildman–Crippen MR) is 77.0 cm³/mol. The van der Waals surface area contributed by atoms with Crippen molar-refractivity contribution < 1.29 is 4.79 Å². The predicted octanol–water partition coefficient (Wildman–Crippen LogP) is 4.04. The first-order chi connectivity index (χ1) is 8.99. The van der Waals surface area contributed by atoms with Crippen LogP contribution in [0, 0.1) is 0 Å². The van der Waals surface area contributed by atoms with Gasteiger partial charge in [0.25, 0.3) is 0 Å². The molecule has 1 N–H and O–H groups in total. The molecule has 1 heterocycles. The van der Waals surface area contributed by atoms with Crippen molar-refractivity contribution in [3.05, 3.63) is 45.7 Å². The van der Waals surface area contributed by atoms with Gasteiger partial charge in [-0.2, -0.15) is 5.10 Å². The highest BCUT2D eigenvalue weighted by molar-refractivity contribution is 6.39. The maximum absolute atomic E-state index is 12.1. The van der Waals surface area contributed by atoms with Gasteiger partial charge in [-0.05, 0) is 19.1 Å². The molecule has 1 aromatic carbocycles. The van der Waals surface area contributed by atoms with Crippen molar-refractivity contribution in [1.82, 2.24) is 9.78 Å². The van der Waals surface area contributed by atoms with E-state index in [1.807, 2.05) is 0 Å². The van der Waals surface area contributed by atoms with Crippen molar-refractivity contribution in [3.8, 4) is 0 Å². The Balaban J connectivity index is 2.17. The number of aromatic nitrogens is 2. The molecule has 19 heavy (non-hydrogen) atoms. The van der Waals surface area contributed by atoms with E-state index in [2.05, 4.69) is 10.4 Å². The largest absolute Gasteiger partial charge is 0.322 e. The fourth-order valence-corrected chi connectivity index (χ4v) is 2.13. The molecule has 0 fully saturated rings. The molecule has 2 rings (SSSR count). The van der Waals surface area contributed by atoms with Crippen LogP contribution in [0.25, 0.3) is 0 Å². The van der Waals surface area contributed by atoms with Gasteiger partial charge in [0.1, 0.15) is 6.04 Å². The number of rotatable bonds is 3. The summed E-state index contributed by atoms with van der Waals surface area (Å²) in [4.78, 5) is 12.1. The van der Waals surface area contributed by atoms with Gasteiger partial charge in [0.15, 0.2) is 0 Å². The van der Waals surface area contributed by atoms with Crippen LogP contribution >= 0.6 is 34.8 Å². The highest BCUT2D eigenvalue weighted by Gasteiger charge is 2.18. The molecule has 0 spiro atoms. The van der Waals surface area contributed by atoms with Crippen LogP contribution < -0.4 is 5.32 Å². The standard InChI is InChI=1S/C12H10Cl3N3O/c1-7(18-6-8(13)5-16-18)12(19)17-11-9(14)3-2-4-10(11)15/h2-7H,1H3,(H,17,19). The van der Waals surface area contributed by atoms with E-state index < -0.39 is 6.04 Å². The number of carbonyl (C=O) groups excluding carboxylic acids is 1. The molecular weight excluding hydrogens is 309 g/mol. The van der Waals surface area contributed by atoms with Crippen LogP contribution in [0.1, 0.15) is 13.0 Å². The van der Waals surface area contributed by atoms with E-state index in [4.69, 9.17) is 34.8 Å². The molecule has 0 aliphatic carbocycles. The van der Waals surface area contributed by atoms with E-state index in [0.29, 0.717) is 20.8 Å². The lowest BCUT2D eigenvalue weighted by molar-refractivity contribution is -0.119. The third-order valence-corrected chi connectivity index (χ3v) is 3.38. The number of para-hydroxylation sites is 1. The molecule has 7 heteroatoms. The monoisotopic (exact) mass is 317 g/mol. The molecule has 0 bridgehead atoms. The number of carbonyl (C=O) groups is 1. The average Bonchev–Trinajstić information content (AvgIpc) is 2.79. The van der Waals surface area contributed by atoms with Gasteiger partial charge in [-0.1, -0.05) is 40.9 Å². The van der Waals surface area contributed by atoms with Gasteiger partial charge in [0, 0.05) is 6.20 Å². The van der Waals surface area contributed by atoms with E-state index in [9.17, 15) is 4.79 Å². The minimum Gasteiger partial charge on any atom is -0.322 e. The van der Waals surface area contributed by atoms with Crippen LogP contribution in [-0.4, -0.2) is 15.7 Å². The van der Waals surface area contributed by atoms with Gasteiger partial charge in [0.2, 0.25) is 5.91 Å². The summed E-state index contributed by atoms with van der Waals surface area (Å²) in [5.41, 5.74) is 0.390. The van der Waals surface area contributed by atoms with Crippen LogP contribution in [0.5, 0.6) is 0 Å². The molecule has 0 radical (unpaired) electrons. The van der Waals surface area contributed by atoms with Gasteiger partial charge in [0.05, 0.1) is 27.0 Å². The zero-order valence-electron chi connectivity index (χ0n) is 9.90. The number of nitrogens with zero attached hydrogens (tertiary/aromatic N) is 2. The maximum atomic E-state index is 12.1. The summed E-state index contributed by atoms with van der Waals surface area (Å²) in [6.45, 7) is 1.70. The third kappa shape index (κ3) is 3.21. The first kappa shape index (κ1) is 14.2. The zero-order valence-corrected chi connectivity index (χ0v) is 12.2. The van der Waals surface area contributed by atoms with Crippen molar-refractivity contribution in [3.63, 3.8) is 0 Å². The summed E-state index contributed by atoms with van der Waals surface area (Å²) in [6, 6.07) is 4.48. The Kier molecular flexibility index (Phi) is 4.34. The Labute approximate surface area is 125 Å². The summed E-state index contributed by atoms with van der Waals surface area (Å²) >= 11 is 17.7. The summed E-state index contributed by atoms with van der Waals surface area (Å²) in [5.74, 6) is -0.283. The fraction of sp³-hybridized carbons (Fsp3) is 0.167. The molecule has 0 saturated heterocycles. The van der Waals surface area contributed by atoms with Gasteiger partial charge in [-0.3, -0.25) is 9.48 Å². The second kappa shape index (κ2) is 5.82. The Bertz CT molecular complexity index is 592. The Morgan fingerprint density at radius 1 is 1.32 bits per heavy atom. The number of amides is 1. The highest BCUT2D eigenvalue weighted by atomic mass is 35.5. The van der Waals surface area contributed by atoms with Crippen LogP contribution in [0.3, 0.4) is 0 Å². The minimum atomic E-state index is -0.528. The molecule has 0 saturated carbocycles.